The Morgan fingerprint density at radius 3 is 2.59 bits per heavy atom. The first-order chi connectivity index (χ1) is 14.0. The van der Waals surface area contributed by atoms with Crippen molar-refractivity contribution < 1.29 is 14.3 Å². The van der Waals surface area contributed by atoms with Crippen LogP contribution in [0.4, 0.5) is 5.13 Å². The van der Waals surface area contributed by atoms with Gasteiger partial charge in [0.05, 0.1) is 17.2 Å². The molecule has 0 aliphatic heterocycles. The number of benzene rings is 2. The number of ether oxygens (including phenoxy) is 1. The predicted molar refractivity (Wildman–Crippen MR) is 113 cm³/mol. The highest BCUT2D eigenvalue weighted by atomic mass is 35.5. The van der Waals surface area contributed by atoms with Gasteiger partial charge in [-0.15, -0.1) is 10.2 Å². The summed E-state index contributed by atoms with van der Waals surface area (Å²) in [5.74, 6) is 0.0447. The zero-order valence-electron chi connectivity index (χ0n) is 15.2. The first kappa shape index (κ1) is 21.0. The van der Waals surface area contributed by atoms with Crippen molar-refractivity contribution >= 4 is 51.5 Å². The van der Waals surface area contributed by atoms with Crippen LogP contribution in [0.3, 0.4) is 0 Å². The summed E-state index contributed by atoms with van der Waals surface area (Å²) in [6, 6.07) is 11.5. The lowest BCUT2D eigenvalue weighted by molar-refractivity contribution is 0.0953. The molecule has 3 rings (SSSR count). The molecule has 2 N–H and O–H groups in total. The maximum atomic E-state index is 12.3. The third-order valence-electron chi connectivity index (χ3n) is 3.83. The van der Waals surface area contributed by atoms with E-state index in [2.05, 4.69) is 20.8 Å². The van der Waals surface area contributed by atoms with E-state index in [0.29, 0.717) is 50.0 Å². The number of aromatic nitrogens is 2. The minimum atomic E-state index is -0.363. The third kappa shape index (κ3) is 5.66. The molecule has 1 aromatic heterocycles. The highest BCUT2D eigenvalue weighted by molar-refractivity contribution is 7.15. The number of carbonyl (C=O) groups excluding carboxylic acids is 2. The molecule has 0 saturated carbocycles. The lowest BCUT2D eigenvalue weighted by Crippen LogP contribution is -2.25. The molecule has 150 valence electrons. The van der Waals surface area contributed by atoms with Crippen molar-refractivity contribution in [2.45, 2.75) is 6.42 Å². The standard InChI is InChI=1S/C19H16Cl2N4O3S/c1-28-13-4-2-3-11(9-13)17(26)22-8-7-16-24-25-19(29-16)23-18(27)12-5-6-14(20)15(21)10-12/h2-6,9-10H,7-8H2,1H3,(H,22,26)(H,23,25,27). The van der Waals surface area contributed by atoms with Crippen LogP contribution in [0.5, 0.6) is 5.75 Å². The van der Waals surface area contributed by atoms with Crippen molar-refractivity contribution in [2.24, 2.45) is 0 Å². The summed E-state index contributed by atoms with van der Waals surface area (Å²) >= 11 is 13.0. The summed E-state index contributed by atoms with van der Waals surface area (Å²) in [6.07, 6.45) is 0.482. The van der Waals surface area contributed by atoms with E-state index in [4.69, 9.17) is 27.9 Å². The van der Waals surface area contributed by atoms with Crippen molar-refractivity contribution in [3.8, 4) is 5.75 Å². The van der Waals surface area contributed by atoms with Crippen LogP contribution in [0.2, 0.25) is 10.0 Å². The lowest BCUT2D eigenvalue weighted by atomic mass is 10.2. The Hall–Kier alpha value is -2.68. The summed E-state index contributed by atoms with van der Waals surface area (Å²) in [7, 11) is 1.55. The van der Waals surface area contributed by atoms with E-state index in [0.717, 1.165) is 0 Å². The second-order valence-electron chi connectivity index (χ2n) is 5.82. The smallest absolute Gasteiger partial charge is 0.257 e. The number of methoxy groups -OCH3 is 1. The van der Waals surface area contributed by atoms with Gasteiger partial charge in [-0.2, -0.15) is 0 Å². The second kappa shape index (κ2) is 9.69. The molecular formula is C19H16Cl2N4O3S. The van der Waals surface area contributed by atoms with E-state index in [1.165, 1.54) is 17.4 Å². The molecule has 0 aliphatic rings. The molecule has 0 radical (unpaired) electrons. The first-order valence-electron chi connectivity index (χ1n) is 8.47. The highest BCUT2D eigenvalue weighted by Gasteiger charge is 2.12. The van der Waals surface area contributed by atoms with Crippen LogP contribution in [0, 0.1) is 0 Å². The van der Waals surface area contributed by atoms with Crippen LogP contribution in [0.25, 0.3) is 0 Å². The quantitative estimate of drug-likeness (QED) is 0.565. The molecule has 29 heavy (non-hydrogen) atoms. The maximum Gasteiger partial charge on any atom is 0.257 e. The Bertz CT molecular complexity index is 1040. The number of hydrogen-bond acceptors (Lipinski definition) is 6. The SMILES string of the molecule is COc1cccc(C(=O)NCCc2nnc(NC(=O)c3ccc(Cl)c(Cl)c3)s2)c1. The molecule has 0 saturated heterocycles. The van der Waals surface area contributed by atoms with E-state index in [1.54, 1.807) is 43.5 Å². The van der Waals surface area contributed by atoms with Gasteiger partial charge in [-0.05, 0) is 36.4 Å². The summed E-state index contributed by atoms with van der Waals surface area (Å²) < 4.78 is 5.11. The van der Waals surface area contributed by atoms with E-state index in [1.807, 2.05) is 0 Å². The van der Waals surface area contributed by atoms with Crippen LogP contribution in [0.1, 0.15) is 25.7 Å². The van der Waals surface area contributed by atoms with Gasteiger partial charge < -0.3 is 10.1 Å². The monoisotopic (exact) mass is 450 g/mol. The average molecular weight is 451 g/mol. The van der Waals surface area contributed by atoms with Gasteiger partial charge in [-0.25, -0.2) is 0 Å². The van der Waals surface area contributed by atoms with Crippen molar-refractivity contribution in [1.29, 1.82) is 0 Å². The molecule has 10 heteroatoms. The zero-order valence-corrected chi connectivity index (χ0v) is 17.6. The Labute approximate surface area is 181 Å². The van der Waals surface area contributed by atoms with Crippen LogP contribution < -0.4 is 15.4 Å². The molecule has 2 aromatic carbocycles. The minimum absolute atomic E-state index is 0.207. The Morgan fingerprint density at radius 1 is 1.03 bits per heavy atom. The fraction of sp³-hybridized carbons (Fsp3) is 0.158. The Kier molecular flexibility index (Phi) is 7.03. The molecule has 0 aliphatic carbocycles. The number of nitrogens with zero attached hydrogens (tertiary/aromatic N) is 2. The van der Waals surface area contributed by atoms with Gasteiger partial charge >= 0.3 is 0 Å². The number of anilines is 1. The molecule has 1 heterocycles. The number of rotatable bonds is 7. The van der Waals surface area contributed by atoms with Gasteiger partial charge in [-0.1, -0.05) is 40.6 Å². The van der Waals surface area contributed by atoms with Gasteiger partial charge in [0.1, 0.15) is 10.8 Å². The van der Waals surface area contributed by atoms with Crippen molar-refractivity contribution in [3.05, 3.63) is 68.6 Å². The molecule has 0 spiro atoms. The number of amides is 2. The van der Waals surface area contributed by atoms with Crippen molar-refractivity contribution in [3.63, 3.8) is 0 Å². The predicted octanol–water partition coefficient (Wildman–Crippen LogP) is 4.08. The van der Waals surface area contributed by atoms with Crippen molar-refractivity contribution in [1.82, 2.24) is 15.5 Å². The maximum absolute atomic E-state index is 12.3. The molecule has 0 unspecified atom stereocenters. The molecule has 0 fully saturated rings. The molecule has 0 atom stereocenters. The molecule has 0 bridgehead atoms. The Morgan fingerprint density at radius 2 is 1.83 bits per heavy atom. The van der Waals surface area contributed by atoms with E-state index in [9.17, 15) is 9.59 Å². The average Bonchev–Trinajstić information content (AvgIpc) is 3.17. The summed E-state index contributed by atoms with van der Waals surface area (Å²) in [5, 5.41) is 15.2. The molecule has 7 nitrogen and oxygen atoms in total. The summed E-state index contributed by atoms with van der Waals surface area (Å²) in [5.41, 5.74) is 0.873. The van der Waals surface area contributed by atoms with Gasteiger partial charge in [0.25, 0.3) is 11.8 Å². The lowest BCUT2D eigenvalue weighted by Gasteiger charge is -2.05. The highest BCUT2D eigenvalue weighted by Crippen LogP contribution is 2.23. The Balaban J connectivity index is 1.51. The largest absolute Gasteiger partial charge is 0.497 e. The number of hydrogen-bond donors (Lipinski definition) is 2. The summed E-state index contributed by atoms with van der Waals surface area (Å²) in [6.45, 7) is 0.380. The normalized spacial score (nSPS) is 10.4. The van der Waals surface area contributed by atoms with E-state index in [-0.39, 0.29) is 11.8 Å². The first-order valence-corrected chi connectivity index (χ1v) is 10.0. The molecule has 3 aromatic rings. The fourth-order valence-electron chi connectivity index (χ4n) is 2.36. The molecule has 2 amide bonds. The number of carbonyl (C=O) groups is 2. The second-order valence-corrected chi connectivity index (χ2v) is 7.70. The molecular weight excluding hydrogens is 435 g/mol. The third-order valence-corrected chi connectivity index (χ3v) is 5.46. The van der Waals surface area contributed by atoms with Gasteiger partial charge in [0.2, 0.25) is 5.13 Å². The minimum Gasteiger partial charge on any atom is -0.497 e. The van der Waals surface area contributed by atoms with Crippen LogP contribution in [0.15, 0.2) is 42.5 Å². The van der Waals surface area contributed by atoms with E-state index < -0.39 is 0 Å². The topological polar surface area (TPSA) is 93.2 Å². The van der Waals surface area contributed by atoms with E-state index >= 15 is 0 Å². The van der Waals surface area contributed by atoms with Gasteiger partial charge in [0.15, 0.2) is 0 Å². The van der Waals surface area contributed by atoms with Crippen molar-refractivity contribution in [2.75, 3.05) is 19.0 Å². The van der Waals surface area contributed by atoms with Gasteiger partial charge in [-0.3, -0.25) is 14.9 Å². The summed E-state index contributed by atoms with van der Waals surface area (Å²) in [4.78, 5) is 24.4. The number of halogens is 2. The van der Waals surface area contributed by atoms with Crippen LogP contribution in [-0.4, -0.2) is 35.7 Å². The number of nitrogens with one attached hydrogen (secondary N) is 2. The fourth-order valence-corrected chi connectivity index (χ4v) is 3.39. The van der Waals surface area contributed by atoms with Crippen LogP contribution >= 0.6 is 34.5 Å². The van der Waals surface area contributed by atoms with Crippen LogP contribution in [-0.2, 0) is 6.42 Å². The van der Waals surface area contributed by atoms with Gasteiger partial charge in [0, 0.05) is 24.1 Å². The zero-order chi connectivity index (χ0) is 20.8.